The quantitative estimate of drug-likeness (QED) is 0.861. The van der Waals surface area contributed by atoms with Gasteiger partial charge in [-0.1, -0.05) is 23.7 Å². The first-order valence-corrected chi connectivity index (χ1v) is 6.83. The van der Waals surface area contributed by atoms with E-state index in [-0.39, 0.29) is 0 Å². The second-order valence-electron chi connectivity index (χ2n) is 4.94. The Kier molecular flexibility index (Phi) is 4.84. The largest absolute Gasteiger partial charge is 0.315 e. The van der Waals surface area contributed by atoms with Gasteiger partial charge >= 0.3 is 0 Å². The highest BCUT2D eigenvalue weighted by Gasteiger charge is 2.14. The summed E-state index contributed by atoms with van der Waals surface area (Å²) in [5, 5.41) is 7.93. The summed E-state index contributed by atoms with van der Waals surface area (Å²) in [4.78, 5) is 0. The van der Waals surface area contributed by atoms with Crippen molar-refractivity contribution in [3.63, 3.8) is 0 Å². The Morgan fingerprint density at radius 3 is 2.82 bits per heavy atom. The van der Waals surface area contributed by atoms with E-state index in [0.717, 1.165) is 18.0 Å². The van der Waals surface area contributed by atoms with Gasteiger partial charge in [-0.25, -0.2) is 0 Å². The van der Waals surface area contributed by atoms with E-state index in [9.17, 15) is 0 Å². The summed E-state index contributed by atoms with van der Waals surface area (Å²) in [7, 11) is 0. The number of hydrogen-bond donors (Lipinski definition) is 2. The van der Waals surface area contributed by atoms with Crippen LogP contribution in [0.1, 0.15) is 25.3 Å². The average molecular weight is 253 g/mol. The summed E-state index contributed by atoms with van der Waals surface area (Å²) in [6.07, 6.45) is 3.64. The maximum atomic E-state index is 5.88. The zero-order chi connectivity index (χ0) is 12.1. The lowest BCUT2D eigenvalue weighted by atomic mass is 10.0. The smallest absolute Gasteiger partial charge is 0.0406 e. The van der Waals surface area contributed by atoms with Crippen LogP contribution < -0.4 is 10.6 Å². The number of rotatable bonds is 4. The van der Waals surface area contributed by atoms with E-state index in [0.29, 0.717) is 12.1 Å². The molecule has 2 rings (SSSR count). The van der Waals surface area contributed by atoms with Gasteiger partial charge in [0, 0.05) is 23.7 Å². The molecule has 2 unspecified atom stereocenters. The van der Waals surface area contributed by atoms with Crippen molar-refractivity contribution in [2.45, 2.75) is 38.3 Å². The summed E-state index contributed by atoms with van der Waals surface area (Å²) in [6.45, 7) is 4.53. The standard InChI is InChI=1S/C14H21ClN2/c1-11(17-14-3-2-8-16-10-14)9-12-4-6-13(15)7-5-12/h4-7,11,14,16-17H,2-3,8-10H2,1H3. The molecule has 1 aromatic carbocycles. The van der Waals surface area contributed by atoms with E-state index in [4.69, 9.17) is 11.6 Å². The van der Waals surface area contributed by atoms with E-state index in [2.05, 4.69) is 29.7 Å². The molecule has 0 spiro atoms. The summed E-state index contributed by atoms with van der Waals surface area (Å²) < 4.78 is 0. The molecule has 0 radical (unpaired) electrons. The lowest BCUT2D eigenvalue weighted by molar-refractivity contribution is 0.357. The van der Waals surface area contributed by atoms with Crippen LogP contribution in [0.3, 0.4) is 0 Å². The molecule has 0 amide bonds. The highest BCUT2D eigenvalue weighted by molar-refractivity contribution is 6.30. The number of piperidine rings is 1. The molecule has 0 saturated carbocycles. The Morgan fingerprint density at radius 2 is 2.18 bits per heavy atom. The van der Waals surface area contributed by atoms with Crippen molar-refractivity contribution >= 4 is 11.6 Å². The summed E-state index contributed by atoms with van der Waals surface area (Å²) in [6, 6.07) is 9.30. The van der Waals surface area contributed by atoms with Crippen LogP contribution in [-0.2, 0) is 6.42 Å². The van der Waals surface area contributed by atoms with Crippen molar-refractivity contribution in [1.82, 2.24) is 10.6 Å². The maximum Gasteiger partial charge on any atom is 0.0406 e. The molecule has 2 N–H and O–H groups in total. The molecule has 0 bridgehead atoms. The fourth-order valence-corrected chi connectivity index (χ4v) is 2.56. The van der Waals surface area contributed by atoms with E-state index in [1.54, 1.807) is 0 Å². The van der Waals surface area contributed by atoms with Gasteiger partial charge < -0.3 is 10.6 Å². The molecule has 17 heavy (non-hydrogen) atoms. The second kappa shape index (κ2) is 6.39. The van der Waals surface area contributed by atoms with Crippen molar-refractivity contribution in [2.24, 2.45) is 0 Å². The van der Waals surface area contributed by atoms with Gasteiger partial charge in [0.2, 0.25) is 0 Å². The fourth-order valence-electron chi connectivity index (χ4n) is 2.43. The Labute approximate surface area is 109 Å². The van der Waals surface area contributed by atoms with Gasteiger partial charge in [0.1, 0.15) is 0 Å². The molecule has 94 valence electrons. The third kappa shape index (κ3) is 4.30. The molecule has 2 atom stereocenters. The van der Waals surface area contributed by atoms with E-state index < -0.39 is 0 Å². The van der Waals surface area contributed by atoms with Crippen LogP contribution in [0.2, 0.25) is 5.02 Å². The lowest BCUT2D eigenvalue weighted by Crippen LogP contribution is -2.47. The number of hydrogen-bond acceptors (Lipinski definition) is 2. The Balaban J connectivity index is 1.79. The van der Waals surface area contributed by atoms with Crippen molar-refractivity contribution in [2.75, 3.05) is 13.1 Å². The van der Waals surface area contributed by atoms with Crippen LogP contribution in [0.15, 0.2) is 24.3 Å². The summed E-state index contributed by atoms with van der Waals surface area (Å²) >= 11 is 5.88. The monoisotopic (exact) mass is 252 g/mol. The van der Waals surface area contributed by atoms with Crippen LogP contribution in [0.25, 0.3) is 0 Å². The number of nitrogens with one attached hydrogen (secondary N) is 2. The molecule has 0 aromatic heterocycles. The Bertz CT molecular complexity index is 331. The molecule has 0 aliphatic carbocycles. The molecule has 1 saturated heterocycles. The zero-order valence-corrected chi connectivity index (χ0v) is 11.1. The van der Waals surface area contributed by atoms with E-state index in [1.807, 2.05) is 12.1 Å². The van der Waals surface area contributed by atoms with Gasteiger partial charge in [-0.15, -0.1) is 0 Å². The number of halogens is 1. The van der Waals surface area contributed by atoms with Crippen LogP contribution in [0.5, 0.6) is 0 Å². The van der Waals surface area contributed by atoms with Gasteiger partial charge in [-0.05, 0) is 50.4 Å². The van der Waals surface area contributed by atoms with Gasteiger partial charge in [-0.2, -0.15) is 0 Å². The zero-order valence-electron chi connectivity index (χ0n) is 10.4. The fraction of sp³-hybridized carbons (Fsp3) is 0.571. The predicted octanol–water partition coefficient (Wildman–Crippen LogP) is 2.61. The molecule has 1 aliphatic heterocycles. The first-order chi connectivity index (χ1) is 8.24. The van der Waals surface area contributed by atoms with Crippen molar-refractivity contribution < 1.29 is 0 Å². The SMILES string of the molecule is CC(Cc1ccc(Cl)cc1)NC1CCCNC1. The van der Waals surface area contributed by atoms with Crippen LogP contribution in [0.4, 0.5) is 0 Å². The normalized spacial score (nSPS) is 22.4. The Morgan fingerprint density at radius 1 is 1.41 bits per heavy atom. The van der Waals surface area contributed by atoms with E-state index in [1.165, 1.54) is 24.9 Å². The van der Waals surface area contributed by atoms with Crippen molar-refractivity contribution in [3.8, 4) is 0 Å². The van der Waals surface area contributed by atoms with Gasteiger partial charge in [-0.3, -0.25) is 0 Å². The highest BCUT2D eigenvalue weighted by atomic mass is 35.5. The molecular weight excluding hydrogens is 232 g/mol. The first-order valence-electron chi connectivity index (χ1n) is 6.45. The summed E-state index contributed by atoms with van der Waals surface area (Å²) in [5.74, 6) is 0. The topological polar surface area (TPSA) is 24.1 Å². The minimum atomic E-state index is 0.515. The van der Waals surface area contributed by atoms with Crippen molar-refractivity contribution in [3.05, 3.63) is 34.9 Å². The number of benzene rings is 1. The van der Waals surface area contributed by atoms with Crippen LogP contribution >= 0.6 is 11.6 Å². The summed E-state index contributed by atoms with van der Waals surface area (Å²) in [5.41, 5.74) is 1.35. The van der Waals surface area contributed by atoms with Crippen LogP contribution in [-0.4, -0.2) is 25.2 Å². The minimum Gasteiger partial charge on any atom is -0.315 e. The van der Waals surface area contributed by atoms with Gasteiger partial charge in [0.05, 0.1) is 0 Å². The highest BCUT2D eigenvalue weighted by Crippen LogP contribution is 2.11. The minimum absolute atomic E-state index is 0.515. The van der Waals surface area contributed by atoms with Gasteiger partial charge in [0.15, 0.2) is 0 Å². The third-order valence-electron chi connectivity index (χ3n) is 3.27. The molecule has 2 nitrogen and oxygen atoms in total. The van der Waals surface area contributed by atoms with Crippen LogP contribution in [0, 0.1) is 0 Å². The molecule has 1 aromatic rings. The maximum absolute atomic E-state index is 5.88. The first kappa shape index (κ1) is 12.9. The molecule has 1 heterocycles. The Hall–Kier alpha value is -0.570. The third-order valence-corrected chi connectivity index (χ3v) is 3.52. The van der Waals surface area contributed by atoms with E-state index >= 15 is 0 Å². The molecule has 1 fully saturated rings. The molecular formula is C14H21ClN2. The van der Waals surface area contributed by atoms with Gasteiger partial charge in [0.25, 0.3) is 0 Å². The van der Waals surface area contributed by atoms with Crippen molar-refractivity contribution in [1.29, 1.82) is 0 Å². The predicted molar refractivity (Wildman–Crippen MR) is 73.6 cm³/mol. The molecule has 3 heteroatoms. The second-order valence-corrected chi connectivity index (χ2v) is 5.38. The average Bonchev–Trinajstić information content (AvgIpc) is 2.33. The lowest BCUT2D eigenvalue weighted by Gasteiger charge is -2.27. The molecule has 1 aliphatic rings.